The van der Waals surface area contributed by atoms with Crippen molar-refractivity contribution in [1.29, 1.82) is 0 Å². The van der Waals surface area contributed by atoms with Gasteiger partial charge >= 0.3 is 6.09 Å². The Balaban J connectivity index is 1.81. The molecule has 0 aliphatic carbocycles. The first kappa shape index (κ1) is 17.9. The number of carbonyl (C=O) groups is 2. The van der Waals surface area contributed by atoms with Gasteiger partial charge in [0.15, 0.2) is 0 Å². The maximum atomic E-state index is 12.8. The van der Waals surface area contributed by atoms with Crippen LogP contribution in [0, 0.1) is 13.8 Å². The lowest BCUT2D eigenvalue weighted by Crippen LogP contribution is -2.37. The molecule has 6 heteroatoms. The summed E-state index contributed by atoms with van der Waals surface area (Å²) in [5.74, 6) is -0.175. The van der Waals surface area contributed by atoms with Gasteiger partial charge in [-0.25, -0.2) is 4.79 Å². The molecule has 2 amide bonds. The number of hydrogen-bond donors (Lipinski definition) is 1. The zero-order valence-corrected chi connectivity index (χ0v) is 15.3. The van der Waals surface area contributed by atoms with Crippen LogP contribution >= 0.6 is 0 Å². The number of anilines is 1. The second-order valence-electron chi connectivity index (χ2n) is 6.47. The Morgan fingerprint density at radius 1 is 1.27 bits per heavy atom. The Bertz CT molecular complexity index is 848. The Morgan fingerprint density at radius 3 is 2.81 bits per heavy atom. The third-order valence-electron chi connectivity index (χ3n) is 4.54. The number of hydrogen-bond acceptors (Lipinski definition) is 4. The summed E-state index contributed by atoms with van der Waals surface area (Å²) in [4.78, 5) is 30.6. The quantitative estimate of drug-likeness (QED) is 0.917. The number of ether oxygens (including phenoxy) is 1. The lowest BCUT2D eigenvalue weighted by atomic mass is 9.96. The lowest BCUT2D eigenvalue weighted by molar-refractivity contribution is 0.101. The van der Waals surface area contributed by atoms with E-state index in [0.717, 1.165) is 27.9 Å². The zero-order valence-electron chi connectivity index (χ0n) is 15.3. The average molecular weight is 353 g/mol. The lowest BCUT2D eigenvalue weighted by Gasteiger charge is -2.28. The molecule has 0 fully saturated rings. The number of pyridine rings is 1. The molecule has 0 unspecified atom stereocenters. The first-order chi connectivity index (χ1) is 12.5. The van der Waals surface area contributed by atoms with Crippen molar-refractivity contribution in [3.63, 3.8) is 0 Å². The van der Waals surface area contributed by atoms with Gasteiger partial charge in [-0.1, -0.05) is 17.7 Å². The molecule has 0 spiro atoms. The molecular weight excluding hydrogens is 330 g/mol. The first-order valence-electron chi connectivity index (χ1n) is 8.75. The highest BCUT2D eigenvalue weighted by atomic mass is 16.6. The standard InChI is InChI=1S/C20H23N3O3/c1-4-26-20(25)23-8-7-16-15(12-23)10-21-11-17(16)19(24)22-18-6-5-13(2)9-14(18)3/h5-6,9-11H,4,7-8,12H2,1-3H3,(H,22,24). The van der Waals surface area contributed by atoms with Crippen molar-refractivity contribution in [3.8, 4) is 0 Å². The number of benzene rings is 1. The molecule has 1 N–H and O–H groups in total. The predicted molar refractivity (Wildman–Crippen MR) is 99.2 cm³/mol. The van der Waals surface area contributed by atoms with Crippen LogP contribution < -0.4 is 5.32 Å². The van der Waals surface area contributed by atoms with Crippen LogP contribution in [0.25, 0.3) is 0 Å². The van der Waals surface area contributed by atoms with E-state index in [2.05, 4.69) is 10.3 Å². The van der Waals surface area contributed by atoms with Gasteiger partial charge in [0.1, 0.15) is 0 Å². The van der Waals surface area contributed by atoms with Gasteiger partial charge in [-0.3, -0.25) is 9.78 Å². The van der Waals surface area contributed by atoms with Crippen molar-refractivity contribution in [3.05, 3.63) is 58.4 Å². The summed E-state index contributed by atoms with van der Waals surface area (Å²) in [6, 6.07) is 5.91. The van der Waals surface area contributed by atoms with Crippen LogP contribution in [0.4, 0.5) is 10.5 Å². The number of nitrogens with zero attached hydrogens (tertiary/aromatic N) is 2. The molecule has 0 atom stereocenters. The van der Waals surface area contributed by atoms with Crippen LogP contribution in [0.2, 0.25) is 0 Å². The third kappa shape index (κ3) is 3.69. The van der Waals surface area contributed by atoms with Crippen LogP contribution in [-0.4, -0.2) is 35.0 Å². The number of carbonyl (C=O) groups excluding carboxylic acids is 2. The SMILES string of the molecule is CCOC(=O)N1CCc2c(cncc2C(=O)Nc2ccc(C)cc2C)C1. The highest BCUT2D eigenvalue weighted by Gasteiger charge is 2.25. The van der Waals surface area contributed by atoms with E-state index in [0.29, 0.717) is 31.7 Å². The Labute approximate surface area is 153 Å². The molecule has 6 nitrogen and oxygen atoms in total. The van der Waals surface area contributed by atoms with Crippen molar-refractivity contribution < 1.29 is 14.3 Å². The fourth-order valence-corrected chi connectivity index (χ4v) is 3.20. The van der Waals surface area contributed by atoms with Crippen molar-refractivity contribution in [2.75, 3.05) is 18.5 Å². The largest absolute Gasteiger partial charge is 0.450 e. The molecule has 1 aliphatic rings. The second kappa shape index (κ2) is 7.56. The molecule has 1 aliphatic heterocycles. The molecule has 0 bridgehead atoms. The molecule has 3 rings (SSSR count). The normalized spacial score (nSPS) is 13.1. The number of nitrogens with one attached hydrogen (secondary N) is 1. The van der Waals surface area contributed by atoms with Crippen molar-refractivity contribution in [1.82, 2.24) is 9.88 Å². The van der Waals surface area contributed by atoms with Gasteiger partial charge in [-0.2, -0.15) is 0 Å². The molecule has 26 heavy (non-hydrogen) atoms. The monoisotopic (exact) mass is 353 g/mol. The minimum Gasteiger partial charge on any atom is -0.450 e. The maximum Gasteiger partial charge on any atom is 0.410 e. The summed E-state index contributed by atoms with van der Waals surface area (Å²) in [6.07, 6.45) is 3.59. The molecule has 1 aromatic carbocycles. The summed E-state index contributed by atoms with van der Waals surface area (Å²) in [6.45, 7) is 7.06. The molecule has 2 heterocycles. The van der Waals surface area contributed by atoms with Crippen molar-refractivity contribution in [2.45, 2.75) is 33.7 Å². The van der Waals surface area contributed by atoms with Crippen LogP contribution in [0.15, 0.2) is 30.6 Å². The van der Waals surface area contributed by atoms with Crippen LogP contribution in [0.1, 0.15) is 39.5 Å². The van der Waals surface area contributed by atoms with Crippen LogP contribution in [0.3, 0.4) is 0 Å². The van der Waals surface area contributed by atoms with E-state index in [9.17, 15) is 9.59 Å². The topological polar surface area (TPSA) is 71.5 Å². The molecule has 0 saturated heterocycles. The van der Waals surface area contributed by atoms with E-state index in [1.165, 1.54) is 0 Å². The Hall–Kier alpha value is -2.89. The molecule has 0 radical (unpaired) electrons. The van der Waals surface area contributed by atoms with Crippen LogP contribution in [-0.2, 0) is 17.7 Å². The van der Waals surface area contributed by atoms with Gasteiger partial charge in [0, 0.05) is 24.6 Å². The summed E-state index contributed by atoms with van der Waals surface area (Å²) in [5, 5.41) is 2.97. The zero-order chi connectivity index (χ0) is 18.7. The fourth-order valence-electron chi connectivity index (χ4n) is 3.20. The van der Waals surface area contributed by atoms with Crippen molar-refractivity contribution >= 4 is 17.7 Å². The highest BCUT2D eigenvalue weighted by molar-refractivity contribution is 6.05. The Morgan fingerprint density at radius 2 is 2.08 bits per heavy atom. The van der Waals surface area contributed by atoms with E-state index in [-0.39, 0.29) is 12.0 Å². The molecule has 136 valence electrons. The van der Waals surface area contributed by atoms with E-state index in [1.54, 1.807) is 24.2 Å². The van der Waals surface area contributed by atoms with E-state index < -0.39 is 0 Å². The average Bonchev–Trinajstić information content (AvgIpc) is 2.63. The minimum absolute atomic E-state index is 0.175. The van der Waals surface area contributed by atoms with Gasteiger partial charge in [0.25, 0.3) is 5.91 Å². The Kier molecular flexibility index (Phi) is 5.21. The van der Waals surface area contributed by atoms with Gasteiger partial charge in [0.2, 0.25) is 0 Å². The third-order valence-corrected chi connectivity index (χ3v) is 4.54. The fraction of sp³-hybridized carbons (Fsp3) is 0.350. The molecule has 2 aromatic rings. The van der Waals surface area contributed by atoms with Gasteiger partial charge in [-0.05, 0) is 49.9 Å². The molecular formula is C20H23N3O3. The number of aryl methyl sites for hydroxylation is 2. The molecule has 1 aromatic heterocycles. The smallest absolute Gasteiger partial charge is 0.410 e. The molecule has 0 saturated carbocycles. The van der Waals surface area contributed by atoms with Gasteiger partial charge in [-0.15, -0.1) is 0 Å². The summed E-state index contributed by atoms with van der Waals surface area (Å²) >= 11 is 0. The van der Waals surface area contributed by atoms with Gasteiger partial charge < -0.3 is 15.0 Å². The predicted octanol–water partition coefficient (Wildman–Crippen LogP) is 3.47. The van der Waals surface area contributed by atoms with E-state index in [1.807, 2.05) is 32.0 Å². The van der Waals surface area contributed by atoms with Gasteiger partial charge in [0.05, 0.1) is 18.7 Å². The first-order valence-corrected chi connectivity index (χ1v) is 8.75. The number of aromatic nitrogens is 1. The number of fused-ring (bicyclic) bond motifs is 1. The summed E-state index contributed by atoms with van der Waals surface area (Å²) < 4.78 is 5.06. The summed E-state index contributed by atoms with van der Waals surface area (Å²) in [5.41, 5.74) is 5.36. The van der Waals surface area contributed by atoms with E-state index >= 15 is 0 Å². The summed E-state index contributed by atoms with van der Waals surface area (Å²) in [7, 11) is 0. The maximum absolute atomic E-state index is 12.8. The van der Waals surface area contributed by atoms with Crippen LogP contribution in [0.5, 0.6) is 0 Å². The number of rotatable bonds is 3. The van der Waals surface area contributed by atoms with Crippen molar-refractivity contribution in [2.24, 2.45) is 0 Å². The highest BCUT2D eigenvalue weighted by Crippen LogP contribution is 2.24. The second-order valence-corrected chi connectivity index (χ2v) is 6.47. The number of amides is 2. The van der Waals surface area contributed by atoms with E-state index in [4.69, 9.17) is 4.74 Å². The minimum atomic E-state index is -0.330.